The first-order valence-electron chi connectivity index (χ1n) is 10.4. The van der Waals surface area contributed by atoms with Gasteiger partial charge in [0.05, 0.1) is 6.61 Å². The fourth-order valence-corrected chi connectivity index (χ4v) is 4.14. The molecular weight excluding hydrogens is 430 g/mol. The Morgan fingerprint density at radius 3 is 2.47 bits per heavy atom. The van der Waals surface area contributed by atoms with Gasteiger partial charge in [0.15, 0.2) is 5.94 Å². The van der Waals surface area contributed by atoms with Gasteiger partial charge < -0.3 is 14.8 Å². The van der Waals surface area contributed by atoms with Crippen LogP contribution in [0.2, 0.25) is 5.02 Å². The van der Waals surface area contributed by atoms with E-state index in [0.29, 0.717) is 30.0 Å². The van der Waals surface area contributed by atoms with Crippen LogP contribution in [0.15, 0.2) is 65.9 Å². The van der Waals surface area contributed by atoms with Crippen LogP contribution in [-0.2, 0) is 30.5 Å². The molecule has 166 valence electrons. The van der Waals surface area contributed by atoms with Gasteiger partial charge >= 0.3 is 5.97 Å². The second kappa shape index (κ2) is 10.8. The first kappa shape index (κ1) is 23.4. The lowest BCUT2D eigenvalue weighted by atomic mass is 9.74. The predicted octanol–water partition coefficient (Wildman–Crippen LogP) is 4.54. The van der Waals surface area contributed by atoms with Gasteiger partial charge in [-0.15, -0.1) is 0 Å². The summed E-state index contributed by atoms with van der Waals surface area (Å²) in [6, 6.07) is 15.1. The molecule has 0 aliphatic heterocycles. The van der Waals surface area contributed by atoms with Crippen molar-refractivity contribution in [2.45, 2.75) is 38.8 Å². The molecule has 2 aromatic rings. The Bertz CT molecular complexity index is 1040. The van der Waals surface area contributed by atoms with Crippen LogP contribution in [0.1, 0.15) is 31.7 Å². The highest BCUT2D eigenvalue weighted by atomic mass is 35.5. The van der Waals surface area contributed by atoms with Crippen LogP contribution in [0.3, 0.4) is 0 Å². The standard InChI is InChI=1S/C25H24ClNO5/c1-2-31-24(30)25(14-6-9-19(25)15-28)23(27-21-12-10-20(26)11-13-21)22(16-29)32-17-18-7-4-3-5-8-18/h3-5,7-8,10-13,23,27H,2,6,9,14,17H2,1H3. The van der Waals surface area contributed by atoms with Crippen molar-refractivity contribution in [1.29, 1.82) is 0 Å². The lowest BCUT2D eigenvalue weighted by Gasteiger charge is -2.36. The van der Waals surface area contributed by atoms with E-state index in [9.17, 15) is 14.4 Å². The van der Waals surface area contributed by atoms with Crippen molar-refractivity contribution in [3.05, 3.63) is 76.5 Å². The van der Waals surface area contributed by atoms with E-state index >= 15 is 0 Å². The summed E-state index contributed by atoms with van der Waals surface area (Å²) in [6.45, 7) is 1.92. The number of carbonyl (C=O) groups is 1. The summed E-state index contributed by atoms with van der Waals surface area (Å²) in [5.41, 5.74) is 0.254. The molecule has 2 aromatic carbocycles. The van der Waals surface area contributed by atoms with Crippen LogP contribution in [0, 0.1) is 5.41 Å². The average molecular weight is 454 g/mol. The molecule has 1 fully saturated rings. The maximum atomic E-state index is 13.2. The number of anilines is 1. The highest BCUT2D eigenvalue weighted by Crippen LogP contribution is 2.48. The number of halogens is 1. The van der Waals surface area contributed by atoms with Gasteiger partial charge in [0, 0.05) is 16.3 Å². The Morgan fingerprint density at radius 1 is 1.12 bits per heavy atom. The molecule has 1 aliphatic carbocycles. The number of rotatable bonds is 9. The van der Waals surface area contributed by atoms with Gasteiger partial charge in [-0.05, 0) is 56.0 Å². The van der Waals surface area contributed by atoms with Gasteiger partial charge in [0.25, 0.3) is 0 Å². The quantitative estimate of drug-likeness (QED) is 0.341. The molecule has 2 unspecified atom stereocenters. The van der Waals surface area contributed by atoms with Crippen molar-refractivity contribution in [2.75, 3.05) is 11.9 Å². The molecule has 1 saturated carbocycles. The van der Waals surface area contributed by atoms with Crippen LogP contribution in [0.5, 0.6) is 0 Å². The number of esters is 1. The molecular formula is C25H24ClNO5. The SMILES string of the molecule is CCOC(=O)C1(C(Nc2ccc(Cl)cc2)C(=C=O)OCc2ccccc2)CCCC1=C=O. The summed E-state index contributed by atoms with van der Waals surface area (Å²) < 4.78 is 11.2. The van der Waals surface area contributed by atoms with E-state index in [1.165, 1.54) is 0 Å². The normalized spacial score (nSPS) is 18.2. The van der Waals surface area contributed by atoms with E-state index in [4.69, 9.17) is 21.1 Å². The van der Waals surface area contributed by atoms with E-state index in [0.717, 1.165) is 5.56 Å². The lowest BCUT2D eigenvalue weighted by Crippen LogP contribution is -2.49. The Kier molecular flexibility index (Phi) is 7.91. The third kappa shape index (κ3) is 4.95. The number of nitrogens with one attached hydrogen (secondary N) is 1. The minimum absolute atomic E-state index is 0.100. The maximum Gasteiger partial charge on any atom is 0.319 e. The van der Waals surface area contributed by atoms with Crippen molar-refractivity contribution in [3.8, 4) is 0 Å². The Morgan fingerprint density at radius 2 is 1.84 bits per heavy atom. The van der Waals surface area contributed by atoms with Gasteiger partial charge in [-0.1, -0.05) is 41.9 Å². The molecule has 1 N–H and O–H groups in total. The van der Waals surface area contributed by atoms with E-state index < -0.39 is 17.4 Å². The minimum atomic E-state index is -1.43. The molecule has 0 heterocycles. The van der Waals surface area contributed by atoms with Crippen LogP contribution >= 0.6 is 11.6 Å². The average Bonchev–Trinajstić information content (AvgIpc) is 3.25. The zero-order valence-corrected chi connectivity index (χ0v) is 18.5. The number of ether oxygens (including phenoxy) is 2. The summed E-state index contributed by atoms with van der Waals surface area (Å²) >= 11 is 6.00. The third-order valence-corrected chi connectivity index (χ3v) is 5.80. The third-order valence-electron chi connectivity index (χ3n) is 5.55. The van der Waals surface area contributed by atoms with Crippen LogP contribution < -0.4 is 5.32 Å². The second-order valence-corrected chi connectivity index (χ2v) is 7.89. The van der Waals surface area contributed by atoms with Crippen molar-refractivity contribution in [3.63, 3.8) is 0 Å². The first-order chi connectivity index (χ1) is 15.5. The summed E-state index contributed by atoms with van der Waals surface area (Å²) in [5, 5.41) is 3.73. The zero-order chi connectivity index (χ0) is 23.0. The van der Waals surface area contributed by atoms with Gasteiger partial charge in [-0.3, -0.25) is 4.79 Å². The number of hydrogen-bond donors (Lipinski definition) is 1. The van der Waals surface area contributed by atoms with Crippen molar-refractivity contribution in [1.82, 2.24) is 0 Å². The Labute approximate surface area is 191 Å². The predicted molar refractivity (Wildman–Crippen MR) is 121 cm³/mol. The highest BCUT2D eigenvalue weighted by Gasteiger charge is 2.56. The largest absolute Gasteiger partial charge is 0.480 e. The Hall–Kier alpha value is -3.30. The minimum Gasteiger partial charge on any atom is -0.480 e. The Balaban J connectivity index is 2.04. The molecule has 6 nitrogen and oxygen atoms in total. The molecule has 0 radical (unpaired) electrons. The van der Waals surface area contributed by atoms with Crippen LogP contribution in [0.4, 0.5) is 5.69 Å². The first-order valence-corrected chi connectivity index (χ1v) is 10.8. The van der Waals surface area contributed by atoms with Crippen LogP contribution in [0.25, 0.3) is 0 Å². The van der Waals surface area contributed by atoms with Crippen molar-refractivity contribution >= 4 is 35.1 Å². The lowest BCUT2D eigenvalue weighted by molar-refractivity contribution is -0.153. The highest BCUT2D eigenvalue weighted by molar-refractivity contribution is 6.30. The molecule has 0 amide bonds. The van der Waals surface area contributed by atoms with E-state index in [2.05, 4.69) is 5.32 Å². The summed E-state index contributed by atoms with van der Waals surface area (Å²) in [5.74, 6) is 3.06. The van der Waals surface area contributed by atoms with Gasteiger partial charge in [0.1, 0.15) is 24.0 Å². The zero-order valence-electron chi connectivity index (χ0n) is 17.7. The maximum absolute atomic E-state index is 13.2. The topological polar surface area (TPSA) is 81.7 Å². The molecule has 0 spiro atoms. The molecule has 0 aromatic heterocycles. The van der Waals surface area contributed by atoms with E-state index in [1.807, 2.05) is 42.2 Å². The molecule has 2 atom stereocenters. The van der Waals surface area contributed by atoms with E-state index in [-0.39, 0.29) is 24.5 Å². The number of hydrogen-bond acceptors (Lipinski definition) is 6. The second-order valence-electron chi connectivity index (χ2n) is 7.45. The van der Waals surface area contributed by atoms with Crippen LogP contribution in [-0.4, -0.2) is 30.5 Å². The molecule has 7 heteroatoms. The summed E-state index contributed by atoms with van der Waals surface area (Å²) in [4.78, 5) is 37.2. The fraction of sp³-hybridized carbons (Fsp3) is 0.320. The molecule has 32 heavy (non-hydrogen) atoms. The molecule has 0 bridgehead atoms. The van der Waals surface area contributed by atoms with Gasteiger partial charge in [-0.25, -0.2) is 9.59 Å². The monoisotopic (exact) mass is 453 g/mol. The van der Waals surface area contributed by atoms with Crippen molar-refractivity contribution < 1.29 is 23.9 Å². The summed E-state index contributed by atoms with van der Waals surface area (Å²) in [6.07, 6.45) is 1.26. The van der Waals surface area contributed by atoms with E-state index in [1.54, 1.807) is 31.2 Å². The number of carbonyl (C=O) groups excluding carboxylic acids is 3. The summed E-state index contributed by atoms with van der Waals surface area (Å²) in [7, 11) is 0. The molecule has 1 aliphatic rings. The molecule has 3 rings (SSSR count). The van der Waals surface area contributed by atoms with Gasteiger partial charge in [-0.2, -0.15) is 0 Å². The smallest absolute Gasteiger partial charge is 0.319 e. The molecule has 0 saturated heterocycles. The fourth-order valence-electron chi connectivity index (χ4n) is 4.01. The number of benzene rings is 2. The van der Waals surface area contributed by atoms with Crippen molar-refractivity contribution in [2.24, 2.45) is 5.41 Å². The van der Waals surface area contributed by atoms with Gasteiger partial charge in [0.2, 0.25) is 5.76 Å².